The molecule has 0 saturated carbocycles. The van der Waals surface area contributed by atoms with Gasteiger partial charge in [-0.1, -0.05) is 41.7 Å². The molecule has 0 spiro atoms. The Hall–Kier alpha value is -3.03. The molecule has 28 heavy (non-hydrogen) atoms. The molecule has 140 valence electrons. The fraction of sp³-hybridized carbons (Fsp3) is 0.0500. The van der Waals surface area contributed by atoms with Gasteiger partial charge in [0.25, 0.3) is 5.56 Å². The van der Waals surface area contributed by atoms with Crippen LogP contribution in [0.1, 0.15) is 5.56 Å². The van der Waals surface area contributed by atoms with Crippen molar-refractivity contribution in [1.29, 1.82) is 0 Å². The first-order chi connectivity index (χ1) is 13.6. The second-order valence-corrected chi connectivity index (χ2v) is 7.22. The second kappa shape index (κ2) is 7.53. The van der Waals surface area contributed by atoms with Crippen LogP contribution >= 0.6 is 22.9 Å². The standard InChI is InChI=1S/C20H13ClFN3O2S/c1-2-10-27-13-8-6-12(7-9-13)18-23-20-25(24-18)19(26)17(28-20)11-14-15(21)4-3-5-16(14)22/h2-9,11H,1,10H2. The van der Waals surface area contributed by atoms with Crippen molar-refractivity contribution in [3.63, 3.8) is 0 Å². The molecule has 0 aliphatic heterocycles. The molecule has 0 amide bonds. The van der Waals surface area contributed by atoms with Crippen LogP contribution in [0.2, 0.25) is 5.02 Å². The van der Waals surface area contributed by atoms with Crippen molar-refractivity contribution in [3.05, 3.63) is 86.4 Å². The predicted molar refractivity (Wildman–Crippen MR) is 108 cm³/mol. The highest BCUT2D eigenvalue weighted by atomic mass is 35.5. The van der Waals surface area contributed by atoms with Gasteiger partial charge in [0.05, 0.1) is 9.55 Å². The number of halogens is 2. The zero-order chi connectivity index (χ0) is 19.7. The molecule has 0 saturated heterocycles. The van der Waals surface area contributed by atoms with E-state index in [1.807, 2.05) is 12.1 Å². The van der Waals surface area contributed by atoms with Crippen molar-refractivity contribution in [2.45, 2.75) is 0 Å². The van der Waals surface area contributed by atoms with Crippen molar-refractivity contribution in [3.8, 4) is 17.1 Å². The number of fused-ring (bicyclic) bond motifs is 1. The highest BCUT2D eigenvalue weighted by Gasteiger charge is 2.13. The van der Waals surface area contributed by atoms with E-state index in [4.69, 9.17) is 16.3 Å². The predicted octanol–water partition coefficient (Wildman–Crippen LogP) is 3.72. The second-order valence-electron chi connectivity index (χ2n) is 5.80. The topological polar surface area (TPSA) is 56.5 Å². The van der Waals surface area contributed by atoms with Gasteiger partial charge in [-0.25, -0.2) is 4.39 Å². The van der Waals surface area contributed by atoms with E-state index in [1.54, 1.807) is 24.3 Å². The molecule has 8 heteroatoms. The van der Waals surface area contributed by atoms with E-state index in [1.165, 1.54) is 22.7 Å². The number of rotatable bonds is 5. The van der Waals surface area contributed by atoms with E-state index >= 15 is 0 Å². The van der Waals surface area contributed by atoms with Gasteiger partial charge in [0, 0.05) is 11.1 Å². The van der Waals surface area contributed by atoms with E-state index in [9.17, 15) is 9.18 Å². The minimum Gasteiger partial charge on any atom is -0.490 e. The molecule has 2 aromatic heterocycles. The van der Waals surface area contributed by atoms with Gasteiger partial charge in [-0.05, 0) is 42.5 Å². The molecule has 4 rings (SSSR count). The fourth-order valence-electron chi connectivity index (χ4n) is 2.59. The fourth-order valence-corrected chi connectivity index (χ4v) is 3.70. The summed E-state index contributed by atoms with van der Waals surface area (Å²) in [5.41, 5.74) is 0.550. The summed E-state index contributed by atoms with van der Waals surface area (Å²) in [6, 6.07) is 11.6. The molecule has 0 aliphatic rings. The molecule has 0 N–H and O–H groups in total. The lowest BCUT2D eigenvalue weighted by Crippen LogP contribution is -2.23. The minimum absolute atomic E-state index is 0.168. The Bertz CT molecular complexity index is 1260. The van der Waals surface area contributed by atoms with Gasteiger partial charge in [0.15, 0.2) is 5.82 Å². The van der Waals surface area contributed by atoms with Crippen LogP contribution in [0.4, 0.5) is 4.39 Å². The summed E-state index contributed by atoms with van der Waals surface area (Å²) in [4.78, 5) is 17.4. The molecule has 5 nitrogen and oxygen atoms in total. The van der Waals surface area contributed by atoms with Crippen LogP contribution in [0.3, 0.4) is 0 Å². The van der Waals surface area contributed by atoms with Crippen molar-refractivity contribution >= 4 is 34.0 Å². The van der Waals surface area contributed by atoms with Crippen molar-refractivity contribution in [1.82, 2.24) is 14.6 Å². The Morgan fingerprint density at radius 3 is 2.71 bits per heavy atom. The Labute approximate surface area is 168 Å². The number of nitrogens with zero attached hydrogens (tertiary/aromatic N) is 3. The van der Waals surface area contributed by atoms with E-state index < -0.39 is 5.82 Å². The first-order valence-electron chi connectivity index (χ1n) is 8.26. The van der Waals surface area contributed by atoms with E-state index in [2.05, 4.69) is 16.7 Å². The molecule has 0 aliphatic carbocycles. The summed E-state index contributed by atoms with van der Waals surface area (Å²) in [7, 11) is 0. The van der Waals surface area contributed by atoms with Crippen molar-refractivity contribution in [2.24, 2.45) is 0 Å². The third-order valence-electron chi connectivity index (χ3n) is 3.94. The van der Waals surface area contributed by atoms with Crippen LogP contribution < -0.4 is 14.8 Å². The molecule has 0 unspecified atom stereocenters. The smallest absolute Gasteiger partial charge is 0.291 e. The number of hydrogen-bond donors (Lipinski definition) is 0. The lowest BCUT2D eigenvalue weighted by molar-refractivity contribution is 0.363. The third-order valence-corrected chi connectivity index (χ3v) is 5.23. The monoisotopic (exact) mass is 413 g/mol. The van der Waals surface area contributed by atoms with Crippen LogP contribution in [0.15, 0.2) is 59.9 Å². The largest absolute Gasteiger partial charge is 0.490 e. The Balaban J connectivity index is 1.71. The highest BCUT2D eigenvalue weighted by Crippen LogP contribution is 2.21. The quantitative estimate of drug-likeness (QED) is 0.468. The number of benzene rings is 2. The molecule has 2 aromatic carbocycles. The summed E-state index contributed by atoms with van der Waals surface area (Å²) >= 11 is 7.16. The maximum Gasteiger partial charge on any atom is 0.291 e. The molecule has 0 fully saturated rings. The van der Waals surface area contributed by atoms with Gasteiger partial charge >= 0.3 is 0 Å². The van der Waals surface area contributed by atoms with Gasteiger partial charge in [-0.3, -0.25) is 4.79 Å². The average molecular weight is 414 g/mol. The Kier molecular flexibility index (Phi) is 4.93. The zero-order valence-electron chi connectivity index (χ0n) is 14.4. The average Bonchev–Trinajstić information content (AvgIpc) is 3.23. The third kappa shape index (κ3) is 3.42. The maximum atomic E-state index is 14.0. The van der Waals surface area contributed by atoms with E-state index in [-0.39, 0.29) is 16.1 Å². The van der Waals surface area contributed by atoms with E-state index in [0.29, 0.717) is 27.7 Å². The minimum atomic E-state index is -0.495. The van der Waals surface area contributed by atoms with Crippen molar-refractivity contribution in [2.75, 3.05) is 6.61 Å². The molecule has 2 heterocycles. The number of aromatic nitrogens is 3. The molecule has 0 atom stereocenters. The van der Waals surface area contributed by atoms with Gasteiger partial charge in [-0.2, -0.15) is 9.50 Å². The van der Waals surface area contributed by atoms with Gasteiger partial charge in [0.2, 0.25) is 4.96 Å². The first kappa shape index (κ1) is 18.3. The summed E-state index contributed by atoms with van der Waals surface area (Å²) in [5, 5.41) is 4.52. The van der Waals surface area contributed by atoms with Crippen LogP contribution in [-0.2, 0) is 0 Å². The van der Waals surface area contributed by atoms with Crippen molar-refractivity contribution < 1.29 is 9.13 Å². The summed E-state index contributed by atoms with van der Waals surface area (Å²) in [5.74, 6) is 0.632. The summed E-state index contributed by atoms with van der Waals surface area (Å²) in [6.45, 7) is 4.02. The van der Waals surface area contributed by atoms with E-state index in [0.717, 1.165) is 16.9 Å². The van der Waals surface area contributed by atoms with Gasteiger partial charge in [0.1, 0.15) is 18.2 Å². The van der Waals surface area contributed by atoms with Crippen LogP contribution in [0.25, 0.3) is 22.4 Å². The number of ether oxygens (including phenoxy) is 1. The first-order valence-corrected chi connectivity index (χ1v) is 9.45. The normalized spacial score (nSPS) is 11.9. The molecular formula is C20H13ClFN3O2S. The summed E-state index contributed by atoms with van der Waals surface area (Å²) < 4.78 is 20.9. The van der Waals surface area contributed by atoms with Gasteiger partial charge < -0.3 is 4.74 Å². The zero-order valence-corrected chi connectivity index (χ0v) is 16.0. The summed E-state index contributed by atoms with van der Waals surface area (Å²) in [6.07, 6.45) is 3.09. The molecule has 0 radical (unpaired) electrons. The highest BCUT2D eigenvalue weighted by molar-refractivity contribution is 7.15. The lowest BCUT2D eigenvalue weighted by atomic mass is 10.2. The molecule has 4 aromatic rings. The molecule has 0 bridgehead atoms. The SMILES string of the molecule is C=CCOc1ccc(-c2nc3sc(=Cc4c(F)cccc4Cl)c(=O)n3n2)cc1. The number of hydrogen-bond acceptors (Lipinski definition) is 5. The lowest BCUT2D eigenvalue weighted by Gasteiger charge is -2.02. The van der Waals surface area contributed by atoms with Crippen LogP contribution in [0.5, 0.6) is 5.75 Å². The van der Waals surface area contributed by atoms with Gasteiger partial charge in [-0.15, -0.1) is 5.10 Å². The van der Waals surface area contributed by atoms with Crippen LogP contribution in [-0.4, -0.2) is 21.2 Å². The number of thiazole rings is 1. The molecular weight excluding hydrogens is 401 g/mol. The van der Waals surface area contributed by atoms with Crippen LogP contribution in [0, 0.1) is 5.82 Å². The Morgan fingerprint density at radius 2 is 2.04 bits per heavy atom. The Morgan fingerprint density at radius 1 is 1.25 bits per heavy atom. The maximum absolute atomic E-state index is 14.0.